The maximum absolute atomic E-state index is 6.10. The highest BCUT2D eigenvalue weighted by Crippen LogP contribution is 2.26. The summed E-state index contributed by atoms with van der Waals surface area (Å²) in [4.78, 5) is 0. The Morgan fingerprint density at radius 2 is 1.65 bits per heavy atom. The molecule has 3 rings (SSSR count). The molecule has 0 radical (unpaired) electrons. The van der Waals surface area contributed by atoms with Crippen LogP contribution in [0.5, 0.6) is 5.75 Å². The highest BCUT2D eigenvalue weighted by molar-refractivity contribution is 5.95. The Labute approximate surface area is 118 Å². The first kappa shape index (κ1) is 12.5. The summed E-state index contributed by atoms with van der Waals surface area (Å²) < 4.78 is 5.93. The number of hydrogen-bond acceptors (Lipinski definition) is 2. The Bertz CT molecular complexity index is 744. The zero-order valence-electron chi connectivity index (χ0n) is 11.5. The van der Waals surface area contributed by atoms with Gasteiger partial charge in [-0.25, -0.2) is 0 Å². The maximum Gasteiger partial charge on any atom is 0.122 e. The van der Waals surface area contributed by atoms with Crippen molar-refractivity contribution in [2.45, 2.75) is 13.5 Å². The van der Waals surface area contributed by atoms with Crippen LogP contribution in [0.4, 0.5) is 5.69 Å². The number of aryl methyl sites for hydroxylation is 1. The van der Waals surface area contributed by atoms with Gasteiger partial charge < -0.3 is 10.5 Å². The van der Waals surface area contributed by atoms with E-state index in [4.69, 9.17) is 10.5 Å². The van der Waals surface area contributed by atoms with E-state index in [-0.39, 0.29) is 0 Å². The lowest BCUT2D eigenvalue weighted by atomic mass is 10.0. The second-order valence-electron chi connectivity index (χ2n) is 4.92. The molecule has 0 aliphatic carbocycles. The molecule has 0 aromatic heterocycles. The third-order valence-electron chi connectivity index (χ3n) is 3.50. The molecule has 0 bridgehead atoms. The average Bonchev–Trinajstić information content (AvgIpc) is 2.46. The standard InChI is InChI=1S/C18H17NO/c1-13-6-2-3-11-17(13)20-12-15-9-4-7-14-8-5-10-16(19)18(14)15/h2-11H,12,19H2,1H3. The van der Waals surface area contributed by atoms with Crippen molar-refractivity contribution in [2.75, 3.05) is 5.73 Å². The van der Waals surface area contributed by atoms with Crippen molar-refractivity contribution in [3.63, 3.8) is 0 Å². The van der Waals surface area contributed by atoms with Gasteiger partial charge >= 0.3 is 0 Å². The highest BCUT2D eigenvalue weighted by atomic mass is 16.5. The van der Waals surface area contributed by atoms with E-state index in [0.717, 1.165) is 33.3 Å². The molecule has 0 amide bonds. The Morgan fingerprint density at radius 3 is 2.45 bits per heavy atom. The van der Waals surface area contributed by atoms with Crippen LogP contribution in [0.1, 0.15) is 11.1 Å². The summed E-state index contributed by atoms with van der Waals surface area (Å²) >= 11 is 0. The molecule has 0 saturated heterocycles. The van der Waals surface area contributed by atoms with Gasteiger partial charge in [0.15, 0.2) is 0 Å². The molecule has 100 valence electrons. The van der Waals surface area contributed by atoms with Crippen LogP contribution in [0.2, 0.25) is 0 Å². The number of nitrogen functional groups attached to an aromatic ring is 1. The van der Waals surface area contributed by atoms with Gasteiger partial charge in [0.2, 0.25) is 0 Å². The lowest BCUT2D eigenvalue weighted by molar-refractivity contribution is 0.305. The van der Waals surface area contributed by atoms with E-state index in [1.54, 1.807) is 0 Å². The monoisotopic (exact) mass is 263 g/mol. The summed E-state index contributed by atoms with van der Waals surface area (Å²) in [6.45, 7) is 2.57. The van der Waals surface area contributed by atoms with E-state index in [9.17, 15) is 0 Å². The Kier molecular flexibility index (Phi) is 3.30. The van der Waals surface area contributed by atoms with Crippen molar-refractivity contribution < 1.29 is 4.74 Å². The van der Waals surface area contributed by atoms with Gasteiger partial charge in [0.05, 0.1) is 0 Å². The van der Waals surface area contributed by atoms with Gasteiger partial charge in [-0.3, -0.25) is 0 Å². The number of rotatable bonds is 3. The van der Waals surface area contributed by atoms with Gasteiger partial charge in [0.1, 0.15) is 12.4 Å². The van der Waals surface area contributed by atoms with Crippen molar-refractivity contribution in [1.82, 2.24) is 0 Å². The number of benzene rings is 3. The first-order valence-electron chi connectivity index (χ1n) is 6.70. The average molecular weight is 263 g/mol. The van der Waals surface area contributed by atoms with Crippen LogP contribution in [0.3, 0.4) is 0 Å². The van der Waals surface area contributed by atoms with Crippen LogP contribution in [0.15, 0.2) is 60.7 Å². The fourth-order valence-corrected chi connectivity index (χ4v) is 2.44. The fourth-order valence-electron chi connectivity index (χ4n) is 2.44. The number of fused-ring (bicyclic) bond motifs is 1. The fraction of sp³-hybridized carbons (Fsp3) is 0.111. The second-order valence-corrected chi connectivity index (χ2v) is 4.92. The third kappa shape index (κ3) is 2.32. The molecule has 0 heterocycles. The number of nitrogens with two attached hydrogens (primary N) is 1. The normalized spacial score (nSPS) is 10.7. The Morgan fingerprint density at radius 1 is 0.900 bits per heavy atom. The van der Waals surface area contributed by atoms with Crippen molar-refractivity contribution in [3.8, 4) is 5.75 Å². The quantitative estimate of drug-likeness (QED) is 0.715. The van der Waals surface area contributed by atoms with E-state index in [1.807, 2.05) is 49.4 Å². The van der Waals surface area contributed by atoms with Crippen LogP contribution in [-0.4, -0.2) is 0 Å². The number of ether oxygens (including phenoxy) is 1. The molecular weight excluding hydrogens is 246 g/mol. The van der Waals surface area contributed by atoms with Crippen molar-refractivity contribution >= 4 is 16.5 Å². The molecule has 20 heavy (non-hydrogen) atoms. The van der Waals surface area contributed by atoms with Gasteiger partial charge in [0, 0.05) is 11.1 Å². The van der Waals surface area contributed by atoms with E-state index in [1.165, 1.54) is 0 Å². The minimum Gasteiger partial charge on any atom is -0.489 e. The first-order valence-corrected chi connectivity index (χ1v) is 6.70. The maximum atomic E-state index is 6.10. The van der Waals surface area contributed by atoms with E-state index in [0.29, 0.717) is 6.61 Å². The number of anilines is 1. The van der Waals surface area contributed by atoms with Gasteiger partial charge in [-0.05, 0) is 35.6 Å². The molecular formula is C18H17NO. The van der Waals surface area contributed by atoms with E-state index in [2.05, 4.69) is 18.2 Å². The molecule has 0 unspecified atom stereocenters. The Balaban J connectivity index is 1.94. The van der Waals surface area contributed by atoms with Gasteiger partial charge in [-0.15, -0.1) is 0 Å². The van der Waals surface area contributed by atoms with Crippen LogP contribution in [0.25, 0.3) is 10.8 Å². The third-order valence-corrected chi connectivity index (χ3v) is 3.50. The predicted molar refractivity (Wildman–Crippen MR) is 83.9 cm³/mol. The van der Waals surface area contributed by atoms with Crippen molar-refractivity contribution in [3.05, 3.63) is 71.8 Å². The van der Waals surface area contributed by atoms with E-state index < -0.39 is 0 Å². The summed E-state index contributed by atoms with van der Waals surface area (Å²) in [6, 6.07) is 20.2. The first-order chi connectivity index (χ1) is 9.75. The van der Waals surface area contributed by atoms with Gasteiger partial charge in [-0.1, -0.05) is 48.5 Å². The van der Waals surface area contributed by atoms with Crippen LogP contribution < -0.4 is 10.5 Å². The summed E-state index contributed by atoms with van der Waals surface area (Å²) in [5.41, 5.74) is 9.15. The largest absolute Gasteiger partial charge is 0.489 e. The summed E-state index contributed by atoms with van der Waals surface area (Å²) in [5, 5.41) is 2.24. The zero-order chi connectivity index (χ0) is 13.9. The Hall–Kier alpha value is -2.48. The predicted octanol–water partition coefficient (Wildman–Crippen LogP) is 4.31. The van der Waals surface area contributed by atoms with E-state index >= 15 is 0 Å². The molecule has 0 fully saturated rings. The molecule has 0 saturated carbocycles. The lowest BCUT2D eigenvalue weighted by Crippen LogP contribution is -1.99. The van der Waals surface area contributed by atoms with Crippen molar-refractivity contribution in [2.24, 2.45) is 0 Å². The second kappa shape index (κ2) is 5.25. The molecule has 2 heteroatoms. The molecule has 0 aliphatic heterocycles. The topological polar surface area (TPSA) is 35.2 Å². The molecule has 3 aromatic carbocycles. The summed E-state index contributed by atoms with van der Waals surface area (Å²) in [7, 11) is 0. The van der Waals surface area contributed by atoms with Crippen LogP contribution >= 0.6 is 0 Å². The molecule has 0 atom stereocenters. The summed E-state index contributed by atoms with van der Waals surface area (Å²) in [5.74, 6) is 0.916. The summed E-state index contributed by atoms with van der Waals surface area (Å²) in [6.07, 6.45) is 0. The van der Waals surface area contributed by atoms with Crippen molar-refractivity contribution in [1.29, 1.82) is 0 Å². The molecule has 3 aromatic rings. The number of hydrogen-bond donors (Lipinski definition) is 1. The minimum atomic E-state index is 0.524. The molecule has 2 nitrogen and oxygen atoms in total. The zero-order valence-corrected chi connectivity index (χ0v) is 11.5. The van der Waals surface area contributed by atoms with Gasteiger partial charge in [0.25, 0.3) is 0 Å². The van der Waals surface area contributed by atoms with Crippen LogP contribution in [0, 0.1) is 6.92 Å². The SMILES string of the molecule is Cc1ccccc1OCc1cccc2cccc(N)c12. The van der Waals surface area contributed by atoms with Crippen LogP contribution in [-0.2, 0) is 6.61 Å². The smallest absolute Gasteiger partial charge is 0.122 e. The number of para-hydroxylation sites is 1. The lowest BCUT2D eigenvalue weighted by Gasteiger charge is -2.12. The van der Waals surface area contributed by atoms with Gasteiger partial charge in [-0.2, -0.15) is 0 Å². The molecule has 0 spiro atoms. The molecule has 0 aliphatic rings. The molecule has 2 N–H and O–H groups in total. The minimum absolute atomic E-state index is 0.524. The highest BCUT2D eigenvalue weighted by Gasteiger charge is 2.05.